The van der Waals surface area contributed by atoms with Crippen LogP contribution in [-0.2, 0) is 13.6 Å². The zero-order valence-electron chi connectivity index (χ0n) is 12.8. The van der Waals surface area contributed by atoms with E-state index in [1.165, 1.54) is 12.1 Å². The number of fused-ring (bicyclic) bond motifs is 1. The molecule has 0 saturated carbocycles. The number of hydrogen-bond acceptors (Lipinski definition) is 4. The van der Waals surface area contributed by atoms with E-state index in [1.807, 2.05) is 0 Å². The molecule has 0 bridgehead atoms. The Morgan fingerprint density at radius 2 is 2.17 bits per heavy atom. The first-order valence-corrected chi connectivity index (χ1v) is 7.09. The largest absolute Gasteiger partial charge is 0.326 e. The van der Waals surface area contributed by atoms with Gasteiger partial charge in [-0.25, -0.2) is 4.39 Å². The first-order valence-electron chi connectivity index (χ1n) is 7.09. The number of rotatable bonds is 3. The third-order valence-corrected chi connectivity index (χ3v) is 3.61. The van der Waals surface area contributed by atoms with E-state index in [1.54, 1.807) is 37.0 Å². The second-order valence-electron chi connectivity index (χ2n) is 5.27. The number of halogens is 1. The van der Waals surface area contributed by atoms with Crippen molar-refractivity contribution in [2.24, 2.45) is 12.8 Å². The Balaban J connectivity index is 2.06. The quantitative estimate of drug-likeness (QED) is 0.775. The van der Waals surface area contributed by atoms with Crippen molar-refractivity contribution in [3.63, 3.8) is 0 Å². The molecule has 0 radical (unpaired) electrons. The highest BCUT2D eigenvalue weighted by atomic mass is 19.1. The van der Waals surface area contributed by atoms with Gasteiger partial charge in [0.2, 0.25) is 0 Å². The fourth-order valence-corrected chi connectivity index (χ4v) is 2.49. The Kier molecular flexibility index (Phi) is 3.79. The lowest BCUT2D eigenvalue weighted by Gasteiger charge is -2.10. The average molecular weight is 313 g/mol. The molecule has 0 aliphatic heterocycles. The molecule has 6 nitrogen and oxygen atoms in total. The second-order valence-corrected chi connectivity index (χ2v) is 5.27. The summed E-state index contributed by atoms with van der Waals surface area (Å²) in [4.78, 5) is 16.9. The van der Waals surface area contributed by atoms with Crippen LogP contribution >= 0.6 is 0 Å². The van der Waals surface area contributed by atoms with Crippen LogP contribution in [0.15, 0.2) is 30.5 Å². The van der Waals surface area contributed by atoms with E-state index in [-0.39, 0.29) is 18.3 Å². The van der Waals surface area contributed by atoms with Crippen LogP contribution in [0.4, 0.5) is 10.2 Å². The number of aromatic nitrogens is 3. The summed E-state index contributed by atoms with van der Waals surface area (Å²) in [6.07, 6.45) is 1.61. The van der Waals surface area contributed by atoms with Crippen LogP contribution in [0.2, 0.25) is 0 Å². The molecule has 0 aliphatic carbocycles. The molecule has 2 aromatic heterocycles. The number of amides is 1. The van der Waals surface area contributed by atoms with Crippen molar-refractivity contribution >= 4 is 22.6 Å². The van der Waals surface area contributed by atoms with Crippen molar-refractivity contribution < 1.29 is 9.18 Å². The average Bonchev–Trinajstić information content (AvgIpc) is 2.86. The van der Waals surface area contributed by atoms with E-state index < -0.39 is 0 Å². The number of anilines is 1. The maximum atomic E-state index is 13.4. The molecule has 23 heavy (non-hydrogen) atoms. The number of nitrogens with two attached hydrogens (primary N) is 1. The molecule has 3 aromatic rings. The van der Waals surface area contributed by atoms with Crippen molar-refractivity contribution in [1.82, 2.24) is 14.8 Å². The normalized spacial score (nSPS) is 11.0. The molecule has 1 aromatic carbocycles. The molecule has 2 heterocycles. The lowest BCUT2D eigenvalue weighted by Crippen LogP contribution is -2.17. The van der Waals surface area contributed by atoms with Crippen molar-refractivity contribution in [3.05, 3.63) is 53.1 Å². The number of nitrogens with one attached hydrogen (secondary N) is 1. The van der Waals surface area contributed by atoms with Crippen LogP contribution < -0.4 is 11.1 Å². The summed E-state index contributed by atoms with van der Waals surface area (Å²) in [5.74, 6) is -0.161. The number of nitrogens with zero attached hydrogens (tertiary/aromatic N) is 3. The first-order chi connectivity index (χ1) is 11.0. The standard InChI is InChI=1S/C16H16FN5O/c1-9-5-13(12-4-3-11(17)6-14(12)20-9)16(23)21-15-10(7-18)8-19-22(15)2/h3-6,8H,7,18H2,1-2H3,(H,21,23). The van der Waals surface area contributed by atoms with Crippen LogP contribution in [0.1, 0.15) is 21.6 Å². The van der Waals surface area contributed by atoms with Gasteiger partial charge in [0.25, 0.3) is 5.91 Å². The monoisotopic (exact) mass is 313 g/mol. The van der Waals surface area contributed by atoms with Crippen molar-refractivity contribution in [2.75, 3.05) is 5.32 Å². The predicted octanol–water partition coefficient (Wildman–Crippen LogP) is 2.13. The predicted molar refractivity (Wildman–Crippen MR) is 85.5 cm³/mol. The number of pyridine rings is 1. The Morgan fingerprint density at radius 3 is 2.91 bits per heavy atom. The summed E-state index contributed by atoms with van der Waals surface area (Å²) >= 11 is 0. The van der Waals surface area contributed by atoms with E-state index in [9.17, 15) is 9.18 Å². The minimum atomic E-state index is -0.390. The minimum Gasteiger partial charge on any atom is -0.326 e. The number of aryl methyl sites for hydroxylation is 2. The van der Waals surface area contributed by atoms with Gasteiger partial charge in [0.05, 0.1) is 17.3 Å². The van der Waals surface area contributed by atoms with Gasteiger partial charge in [-0.15, -0.1) is 0 Å². The highest BCUT2D eigenvalue weighted by Gasteiger charge is 2.16. The molecule has 118 valence electrons. The van der Waals surface area contributed by atoms with Crippen LogP contribution in [0.3, 0.4) is 0 Å². The number of benzene rings is 1. The summed E-state index contributed by atoms with van der Waals surface area (Å²) in [7, 11) is 1.72. The maximum absolute atomic E-state index is 13.4. The number of carbonyl (C=O) groups is 1. The third kappa shape index (κ3) is 2.78. The van der Waals surface area contributed by atoms with Gasteiger partial charge >= 0.3 is 0 Å². The summed E-state index contributed by atoms with van der Waals surface area (Å²) in [5, 5.41) is 7.49. The van der Waals surface area contributed by atoms with Crippen molar-refractivity contribution in [2.45, 2.75) is 13.5 Å². The lowest BCUT2D eigenvalue weighted by molar-refractivity contribution is 0.102. The van der Waals surface area contributed by atoms with Gasteiger partial charge in [-0.3, -0.25) is 14.5 Å². The van der Waals surface area contributed by atoms with E-state index in [2.05, 4.69) is 15.4 Å². The van der Waals surface area contributed by atoms with Crippen molar-refractivity contribution in [3.8, 4) is 0 Å². The number of hydrogen-bond donors (Lipinski definition) is 2. The molecule has 7 heteroatoms. The van der Waals surface area contributed by atoms with E-state index >= 15 is 0 Å². The molecule has 0 fully saturated rings. The highest BCUT2D eigenvalue weighted by Crippen LogP contribution is 2.22. The molecule has 3 N–H and O–H groups in total. The highest BCUT2D eigenvalue weighted by molar-refractivity contribution is 6.12. The summed E-state index contributed by atoms with van der Waals surface area (Å²) in [5.41, 5.74) is 7.90. The van der Waals surface area contributed by atoms with Gasteiger partial charge in [0.1, 0.15) is 11.6 Å². The van der Waals surface area contributed by atoms with E-state index in [0.29, 0.717) is 28.0 Å². The SMILES string of the molecule is Cc1cc(C(=O)Nc2c(CN)cnn2C)c2ccc(F)cc2n1. The molecule has 1 amide bonds. The summed E-state index contributed by atoms with van der Waals surface area (Å²) in [6.45, 7) is 2.03. The zero-order chi connectivity index (χ0) is 16.6. The van der Waals surface area contributed by atoms with Crippen LogP contribution in [0.25, 0.3) is 10.9 Å². The Hall–Kier alpha value is -2.80. The second kappa shape index (κ2) is 5.77. The van der Waals surface area contributed by atoms with Crippen LogP contribution in [0.5, 0.6) is 0 Å². The summed E-state index contributed by atoms with van der Waals surface area (Å²) < 4.78 is 14.9. The Labute approximate surface area is 132 Å². The molecule has 0 unspecified atom stereocenters. The van der Waals surface area contributed by atoms with Gasteiger partial charge in [0.15, 0.2) is 0 Å². The topological polar surface area (TPSA) is 85.8 Å². The van der Waals surface area contributed by atoms with E-state index in [0.717, 1.165) is 5.56 Å². The molecule has 0 aliphatic rings. The van der Waals surface area contributed by atoms with Gasteiger partial charge in [0, 0.05) is 36.3 Å². The van der Waals surface area contributed by atoms with Crippen LogP contribution in [0, 0.1) is 12.7 Å². The fraction of sp³-hybridized carbons (Fsp3) is 0.188. The van der Waals surface area contributed by atoms with Gasteiger partial charge in [-0.1, -0.05) is 0 Å². The van der Waals surface area contributed by atoms with Gasteiger partial charge < -0.3 is 11.1 Å². The molecular formula is C16H16FN5O. The molecule has 0 spiro atoms. The molecule has 0 atom stereocenters. The minimum absolute atomic E-state index is 0.269. The smallest absolute Gasteiger partial charge is 0.257 e. The molecular weight excluding hydrogens is 297 g/mol. The summed E-state index contributed by atoms with van der Waals surface area (Å²) in [6, 6.07) is 5.85. The Morgan fingerprint density at radius 1 is 1.39 bits per heavy atom. The number of carbonyl (C=O) groups excluding carboxylic acids is 1. The van der Waals surface area contributed by atoms with Gasteiger partial charge in [-0.2, -0.15) is 5.10 Å². The fourth-order valence-electron chi connectivity index (χ4n) is 2.49. The zero-order valence-corrected chi connectivity index (χ0v) is 12.8. The molecule has 0 saturated heterocycles. The van der Waals surface area contributed by atoms with Crippen molar-refractivity contribution in [1.29, 1.82) is 0 Å². The third-order valence-electron chi connectivity index (χ3n) is 3.61. The first kappa shape index (κ1) is 15.1. The maximum Gasteiger partial charge on any atom is 0.257 e. The Bertz CT molecular complexity index is 898. The van der Waals surface area contributed by atoms with E-state index in [4.69, 9.17) is 5.73 Å². The molecule has 3 rings (SSSR count). The van der Waals surface area contributed by atoms with Gasteiger partial charge in [-0.05, 0) is 25.1 Å². The van der Waals surface area contributed by atoms with Crippen LogP contribution in [-0.4, -0.2) is 20.7 Å². The lowest BCUT2D eigenvalue weighted by atomic mass is 10.1.